The van der Waals surface area contributed by atoms with Gasteiger partial charge < -0.3 is 19.0 Å². The minimum atomic E-state index is -0.817. The largest absolute Gasteiger partial charge is 0.493 e. The van der Waals surface area contributed by atoms with Crippen LogP contribution in [0.25, 0.3) is 11.1 Å². The first-order valence-corrected chi connectivity index (χ1v) is 7.80. The minimum absolute atomic E-state index is 0.00464. The van der Waals surface area contributed by atoms with E-state index in [1.54, 1.807) is 18.2 Å². The standard InChI is InChI=1S/C19H20F2O4/c1-12(22)6-5-9-25-19-15(20)10-13(11-16(19)21)14-7-4-8-17(23-2)18(14)24-3/h4,7-8,10-11H,5-6,9H2,1-3H3. The molecule has 0 aromatic heterocycles. The van der Waals surface area contributed by atoms with E-state index in [4.69, 9.17) is 14.2 Å². The number of hydrogen-bond donors (Lipinski definition) is 0. The Morgan fingerprint density at radius 1 is 1.04 bits per heavy atom. The van der Waals surface area contributed by atoms with E-state index in [9.17, 15) is 13.6 Å². The van der Waals surface area contributed by atoms with E-state index in [-0.39, 0.29) is 12.4 Å². The molecule has 134 valence electrons. The smallest absolute Gasteiger partial charge is 0.190 e. The summed E-state index contributed by atoms with van der Waals surface area (Å²) in [6.07, 6.45) is 0.710. The second-order valence-corrected chi connectivity index (χ2v) is 5.46. The van der Waals surface area contributed by atoms with Crippen molar-refractivity contribution in [1.82, 2.24) is 0 Å². The van der Waals surface area contributed by atoms with Gasteiger partial charge in [0.25, 0.3) is 0 Å². The molecule has 0 heterocycles. The van der Waals surface area contributed by atoms with Crippen molar-refractivity contribution in [2.45, 2.75) is 19.8 Å². The third kappa shape index (κ3) is 4.47. The van der Waals surface area contributed by atoms with Gasteiger partial charge in [-0.15, -0.1) is 0 Å². The van der Waals surface area contributed by atoms with Crippen LogP contribution in [0.5, 0.6) is 17.2 Å². The molecule has 0 atom stereocenters. The van der Waals surface area contributed by atoms with E-state index in [0.29, 0.717) is 35.5 Å². The van der Waals surface area contributed by atoms with Crippen molar-refractivity contribution in [1.29, 1.82) is 0 Å². The SMILES string of the molecule is COc1cccc(-c2cc(F)c(OCCCC(C)=O)c(F)c2)c1OC. The molecule has 0 aliphatic heterocycles. The highest BCUT2D eigenvalue weighted by molar-refractivity contribution is 5.75. The number of ether oxygens (including phenoxy) is 3. The lowest BCUT2D eigenvalue weighted by atomic mass is 10.0. The highest BCUT2D eigenvalue weighted by atomic mass is 19.1. The maximum absolute atomic E-state index is 14.3. The van der Waals surface area contributed by atoms with Gasteiger partial charge in [-0.3, -0.25) is 0 Å². The highest BCUT2D eigenvalue weighted by Gasteiger charge is 2.17. The third-order valence-corrected chi connectivity index (χ3v) is 3.63. The summed E-state index contributed by atoms with van der Waals surface area (Å²) in [7, 11) is 2.95. The average Bonchev–Trinajstić information content (AvgIpc) is 2.59. The van der Waals surface area contributed by atoms with Crippen LogP contribution in [0.15, 0.2) is 30.3 Å². The Bertz CT molecular complexity index is 736. The lowest BCUT2D eigenvalue weighted by molar-refractivity contribution is -0.117. The molecule has 2 rings (SSSR count). The van der Waals surface area contributed by atoms with E-state index >= 15 is 0 Å². The molecule has 0 N–H and O–H groups in total. The minimum Gasteiger partial charge on any atom is -0.493 e. The Kier molecular flexibility index (Phi) is 6.33. The zero-order valence-corrected chi connectivity index (χ0v) is 14.4. The lowest BCUT2D eigenvalue weighted by Gasteiger charge is -2.14. The summed E-state index contributed by atoms with van der Waals surface area (Å²) in [5.41, 5.74) is 0.810. The predicted octanol–water partition coefficient (Wildman–Crippen LogP) is 4.40. The molecule has 0 bridgehead atoms. The summed E-state index contributed by atoms with van der Waals surface area (Å²) in [5.74, 6) is -1.23. The number of ketones is 1. The molecule has 0 spiro atoms. The quantitative estimate of drug-likeness (QED) is 0.662. The molecule has 2 aromatic rings. The Balaban J connectivity index is 2.29. The van der Waals surface area contributed by atoms with Crippen LogP contribution in [0.4, 0.5) is 8.78 Å². The molecule has 0 radical (unpaired) electrons. The zero-order valence-electron chi connectivity index (χ0n) is 14.4. The molecule has 0 unspecified atom stereocenters. The van der Waals surface area contributed by atoms with E-state index < -0.39 is 17.4 Å². The summed E-state index contributed by atoms with van der Waals surface area (Å²) in [6.45, 7) is 1.52. The number of halogens is 2. The number of Topliss-reactive ketones (excluding diaryl/α,β-unsaturated/α-hetero) is 1. The van der Waals surface area contributed by atoms with E-state index in [2.05, 4.69) is 0 Å². The monoisotopic (exact) mass is 350 g/mol. The Labute approximate surface area is 145 Å². The number of rotatable bonds is 8. The van der Waals surface area contributed by atoms with Crippen LogP contribution >= 0.6 is 0 Å². The van der Waals surface area contributed by atoms with Crippen molar-refractivity contribution < 1.29 is 27.8 Å². The van der Waals surface area contributed by atoms with Crippen LogP contribution in [0.3, 0.4) is 0 Å². The van der Waals surface area contributed by atoms with E-state index in [0.717, 1.165) is 0 Å². The Morgan fingerprint density at radius 2 is 1.72 bits per heavy atom. The van der Waals surface area contributed by atoms with Crippen LogP contribution in [-0.2, 0) is 4.79 Å². The fourth-order valence-corrected chi connectivity index (χ4v) is 2.46. The van der Waals surface area contributed by atoms with Crippen LogP contribution in [0, 0.1) is 11.6 Å². The van der Waals surface area contributed by atoms with Gasteiger partial charge in [-0.1, -0.05) is 12.1 Å². The first-order chi connectivity index (χ1) is 12.0. The summed E-state index contributed by atoms with van der Waals surface area (Å²) < 4.78 is 44.2. The average molecular weight is 350 g/mol. The lowest BCUT2D eigenvalue weighted by Crippen LogP contribution is -2.04. The van der Waals surface area contributed by atoms with Gasteiger partial charge in [-0.05, 0) is 37.1 Å². The number of para-hydroxylation sites is 1. The molecule has 0 saturated heterocycles. The topological polar surface area (TPSA) is 44.8 Å². The third-order valence-electron chi connectivity index (χ3n) is 3.63. The molecule has 25 heavy (non-hydrogen) atoms. The van der Waals surface area contributed by atoms with Crippen molar-refractivity contribution in [2.75, 3.05) is 20.8 Å². The normalized spacial score (nSPS) is 10.4. The maximum atomic E-state index is 14.3. The van der Waals surface area contributed by atoms with Gasteiger partial charge in [-0.2, -0.15) is 0 Å². The molecule has 0 amide bonds. The summed E-state index contributed by atoms with van der Waals surface area (Å²) in [5, 5.41) is 0. The van der Waals surface area contributed by atoms with Crippen LogP contribution in [-0.4, -0.2) is 26.6 Å². The van der Waals surface area contributed by atoms with Crippen molar-refractivity contribution >= 4 is 5.78 Å². The molecule has 0 saturated carbocycles. The fourth-order valence-electron chi connectivity index (χ4n) is 2.46. The van der Waals surface area contributed by atoms with Gasteiger partial charge in [0, 0.05) is 12.0 Å². The van der Waals surface area contributed by atoms with Gasteiger partial charge >= 0.3 is 0 Å². The van der Waals surface area contributed by atoms with Crippen molar-refractivity contribution in [3.05, 3.63) is 42.0 Å². The second kappa shape index (κ2) is 8.46. The first-order valence-electron chi connectivity index (χ1n) is 7.80. The van der Waals surface area contributed by atoms with Crippen LogP contribution in [0.2, 0.25) is 0 Å². The van der Waals surface area contributed by atoms with Gasteiger partial charge in [0.1, 0.15) is 5.78 Å². The molecule has 6 heteroatoms. The number of benzene rings is 2. The van der Waals surface area contributed by atoms with E-state index in [1.165, 1.54) is 33.3 Å². The second-order valence-electron chi connectivity index (χ2n) is 5.46. The number of carbonyl (C=O) groups is 1. The van der Waals surface area contributed by atoms with Gasteiger partial charge in [-0.25, -0.2) is 8.78 Å². The molecule has 0 fully saturated rings. The Hall–Kier alpha value is -2.63. The molecular formula is C19H20F2O4. The first kappa shape index (κ1) is 18.7. The molecule has 0 aliphatic rings. The highest BCUT2D eigenvalue weighted by Crippen LogP contribution is 2.39. The van der Waals surface area contributed by atoms with Gasteiger partial charge in [0.2, 0.25) is 0 Å². The van der Waals surface area contributed by atoms with Gasteiger partial charge in [0.05, 0.1) is 20.8 Å². The summed E-state index contributed by atoms with van der Waals surface area (Å²) in [4.78, 5) is 10.9. The van der Waals surface area contributed by atoms with Crippen LogP contribution in [0.1, 0.15) is 19.8 Å². The number of hydrogen-bond acceptors (Lipinski definition) is 4. The molecule has 2 aromatic carbocycles. The summed E-state index contributed by atoms with van der Waals surface area (Å²) in [6, 6.07) is 7.45. The molecule has 4 nitrogen and oxygen atoms in total. The van der Waals surface area contributed by atoms with Crippen molar-refractivity contribution in [3.63, 3.8) is 0 Å². The number of carbonyl (C=O) groups excluding carboxylic acids is 1. The molecule has 0 aliphatic carbocycles. The maximum Gasteiger partial charge on any atom is 0.190 e. The van der Waals surface area contributed by atoms with E-state index in [1.807, 2.05) is 0 Å². The van der Waals surface area contributed by atoms with Gasteiger partial charge in [0.15, 0.2) is 28.9 Å². The summed E-state index contributed by atoms with van der Waals surface area (Å²) >= 11 is 0. The molecular weight excluding hydrogens is 330 g/mol. The number of methoxy groups -OCH3 is 2. The predicted molar refractivity (Wildman–Crippen MR) is 90.3 cm³/mol. The Morgan fingerprint density at radius 3 is 2.28 bits per heavy atom. The van der Waals surface area contributed by atoms with Crippen molar-refractivity contribution in [3.8, 4) is 28.4 Å². The van der Waals surface area contributed by atoms with Crippen LogP contribution < -0.4 is 14.2 Å². The van der Waals surface area contributed by atoms with Crippen molar-refractivity contribution in [2.24, 2.45) is 0 Å². The zero-order chi connectivity index (χ0) is 18.4. The fraction of sp³-hybridized carbons (Fsp3) is 0.316.